The summed E-state index contributed by atoms with van der Waals surface area (Å²) in [5.41, 5.74) is 1.17. The molecule has 2 atom stereocenters. The van der Waals surface area contributed by atoms with E-state index in [1.807, 2.05) is 0 Å². The summed E-state index contributed by atoms with van der Waals surface area (Å²) in [5.74, 6) is -0.402. The molecule has 2 aliphatic rings. The van der Waals surface area contributed by atoms with Gasteiger partial charge in [-0.05, 0) is 18.6 Å². The fraction of sp³-hybridized carbons (Fsp3) is 0.467. The van der Waals surface area contributed by atoms with Crippen molar-refractivity contribution in [2.45, 2.75) is 25.3 Å². The number of anilines is 2. The third kappa shape index (κ3) is 2.96. The molecule has 1 saturated heterocycles. The summed E-state index contributed by atoms with van der Waals surface area (Å²) in [6.45, 7) is 0.646. The Bertz CT molecular complexity index is 675. The summed E-state index contributed by atoms with van der Waals surface area (Å²) < 4.78 is 5.31. The quantitative estimate of drug-likeness (QED) is 0.653. The van der Waals surface area contributed by atoms with Gasteiger partial charge >= 0.3 is 0 Å². The van der Waals surface area contributed by atoms with Gasteiger partial charge in [-0.2, -0.15) is 0 Å². The zero-order valence-corrected chi connectivity index (χ0v) is 12.7. The maximum atomic E-state index is 12.0. The van der Waals surface area contributed by atoms with E-state index >= 15 is 0 Å². The topological polar surface area (TPSA) is 102 Å². The number of hydrogen-bond acceptors (Lipinski definition) is 5. The maximum Gasteiger partial charge on any atom is 0.234 e. The highest BCUT2D eigenvalue weighted by Gasteiger charge is 2.53. The van der Waals surface area contributed by atoms with Crippen LogP contribution in [-0.4, -0.2) is 36.4 Å². The van der Waals surface area contributed by atoms with Crippen molar-refractivity contribution in [3.63, 3.8) is 0 Å². The molecule has 1 aliphatic carbocycles. The fourth-order valence-corrected chi connectivity index (χ4v) is 2.81. The Kier molecular flexibility index (Phi) is 3.89. The van der Waals surface area contributed by atoms with E-state index in [1.54, 1.807) is 23.1 Å². The monoisotopic (exact) mass is 319 g/mol. The highest BCUT2D eigenvalue weighted by Crippen LogP contribution is 2.36. The molecule has 0 unspecified atom stereocenters. The van der Waals surface area contributed by atoms with Crippen molar-refractivity contribution in [2.75, 3.05) is 23.9 Å². The Labute approximate surface area is 132 Å². The normalized spacial score (nSPS) is 22.8. The molecule has 2 amide bonds. The summed E-state index contributed by atoms with van der Waals surface area (Å²) in [7, 11) is 1.49. The predicted octanol–water partition coefficient (Wildman–Crippen LogP) is 1.43. The number of nitrogens with one attached hydrogen (secondary N) is 1. The van der Waals surface area contributed by atoms with Crippen LogP contribution in [0.1, 0.15) is 19.3 Å². The summed E-state index contributed by atoms with van der Waals surface area (Å²) in [4.78, 5) is 35.7. The Hall–Kier alpha value is -2.64. The van der Waals surface area contributed by atoms with Crippen LogP contribution in [0.2, 0.25) is 0 Å². The van der Waals surface area contributed by atoms with Gasteiger partial charge in [0, 0.05) is 36.1 Å². The summed E-state index contributed by atoms with van der Waals surface area (Å²) in [5, 5.41) is 13.3. The van der Waals surface area contributed by atoms with E-state index in [0.29, 0.717) is 30.1 Å². The number of nitro groups is 1. The molecule has 23 heavy (non-hydrogen) atoms. The van der Waals surface area contributed by atoms with Gasteiger partial charge in [-0.1, -0.05) is 0 Å². The van der Waals surface area contributed by atoms with Gasteiger partial charge in [0.25, 0.3) is 0 Å². The van der Waals surface area contributed by atoms with Gasteiger partial charge in [-0.15, -0.1) is 0 Å². The minimum absolute atomic E-state index is 0.0480. The van der Waals surface area contributed by atoms with Crippen LogP contribution in [0, 0.1) is 16.0 Å². The second-order valence-electron chi connectivity index (χ2n) is 5.72. The maximum absolute atomic E-state index is 12.0. The van der Waals surface area contributed by atoms with E-state index in [4.69, 9.17) is 4.74 Å². The number of benzene rings is 1. The molecule has 3 rings (SSSR count). The van der Waals surface area contributed by atoms with Crippen molar-refractivity contribution < 1.29 is 19.2 Å². The van der Waals surface area contributed by atoms with E-state index in [9.17, 15) is 19.7 Å². The van der Waals surface area contributed by atoms with Crippen LogP contribution >= 0.6 is 0 Å². The zero-order valence-electron chi connectivity index (χ0n) is 12.7. The highest BCUT2D eigenvalue weighted by atomic mass is 16.6. The zero-order chi connectivity index (χ0) is 16.6. The number of rotatable bonds is 5. The van der Waals surface area contributed by atoms with Crippen molar-refractivity contribution in [3.8, 4) is 5.75 Å². The molecule has 1 aromatic rings. The van der Waals surface area contributed by atoms with Gasteiger partial charge in [0.1, 0.15) is 11.7 Å². The van der Waals surface area contributed by atoms with Crippen molar-refractivity contribution in [1.82, 2.24) is 0 Å². The van der Waals surface area contributed by atoms with Gasteiger partial charge in [0.15, 0.2) is 0 Å². The Balaban J connectivity index is 1.73. The number of carbonyl (C=O) groups excluding carboxylic acids is 2. The van der Waals surface area contributed by atoms with E-state index in [-0.39, 0.29) is 18.2 Å². The Morgan fingerprint density at radius 3 is 2.83 bits per heavy atom. The largest absolute Gasteiger partial charge is 0.494 e. The second-order valence-corrected chi connectivity index (χ2v) is 5.72. The number of carbonyl (C=O) groups is 2. The van der Waals surface area contributed by atoms with Crippen molar-refractivity contribution in [2.24, 2.45) is 5.92 Å². The van der Waals surface area contributed by atoms with E-state index < -0.39 is 16.9 Å². The molecular weight excluding hydrogens is 302 g/mol. The summed E-state index contributed by atoms with van der Waals surface area (Å²) in [6.07, 6.45) is 1.60. The first-order valence-corrected chi connectivity index (χ1v) is 7.44. The number of methoxy groups -OCH3 is 1. The van der Waals surface area contributed by atoms with E-state index in [2.05, 4.69) is 5.32 Å². The molecule has 122 valence electrons. The minimum Gasteiger partial charge on any atom is -0.494 e. The molecule has 2 fully saturated rings. The van der Waals surface area contributed by atoms with Crippen molar-refractivity contribution in [1.29, 1.82) is 0 Å². The molecule has 1 N–H and O–H groups in total. The number of ether oxygens (including phenoxy) is 1. The van der Waals surface area contributed by atoms with Crippen LogP contribution in [0.15, 0.2) is 18.2 Å². The molecule has 0 spiro atoms. The first-order chi connectivity index (χ1) is 11.0. The van der Waals surface area contributed by atoms with Crippen LogP contribution in [0.4, 0.5) is 11.4 Å². The van der Waals surface area contributed by atoms with Gasteiger partial charge in [-0.3, -0.25) is 19.7 Å². The van der Waals surface area contributed by atoms with E-state index in [0.717, 1.165) is 6.42 Å². The SMILES string of the molecule is COc1cc(NC(=O)[C@@H]2C[C@@H]2[N+](=O)[O-])ccc1N1CCCC1=O. The molecule has 8 heteroatoms. The predicted molar refractivity (Wildman–Crippen MR) is 82.1 cm³/mol. The molecule has 0 radical (unpaired) electrons. The highest BCUT2D eigenvalue weighted by molar-refractivity contribution is 5.98. The first kappa shape index (κ1) is 15.3. The Morgan fingerprint density at radius 2 is 2.26 bits per heavy atom. The number of hydrogen-bond donors (Lipinski definition) is 1. The molecule has 1 saturated carbocycles. The van der Waals surface area contributed by atoms with Gasteiger partial charge < -0.3 is 15.0 Å². The lowest BCUT2D eigenvalue weighted by atomic mass is 10.2. The molecular formula is C15H17N3O5. The molecule has 1 aromatic carbocycles. The van der Waals surface area contributed by atoms with Crippen LogP contribution < -0.4 is 15.0 Å². The van der Waals surface area contributed by atoms with Crippen molar-refractivity contribution in [3.05, 3.63) is 28.3 Å². The molecule has 0 aromatic heterocycles. The van der Waals surface area contributed by atoms with Gasteiger partial charge in [0.2, 0.25) is 17.9 Å². The first-order valence-electron chi connectivity index (χ1n) is 7.44. The fourth-order valence-electron chi connectivity index (χ4n) is 2.81. The lowest BCUT2D eigenvalue weighted by Crippen LogP contribution is -2.24. The standard InChI is InChI=1S/C15H17N3O5/c1-23-13-7-9(16-15(20)10-8-12(10)18(21)22)4-5-11(13)17-6-2-3-14(17)19/h4-5,7,10,12H,2-3,6,8H2,1H3,(H,16,20)/t10-,12+/m1/s1. The summed E-state index contributed by atoms with van der Waals surface area (Å²) in [6, 6.07) is 4.24. The summed E-state index contributed by atoms with van der Waals surface area (Å²) >= 11 is 0. The average Bonchev–Trinajstić information content (AvgIpc) is 3.23. The smallest absolute Gasteiger partial charge is 0.234 e. The average molecular weight is 319 g/mol. The molecule has 8 nitrogen and oxygen atoms in total. The van der Waals surface area contributed by atoms with Crippen LogP contribution in [0.3, 0.4) is 0 Å². The third-order valence-corrected chi connectivity index (χ3v) is 4.18. The van der Waals surface area contributed by atoms with Crippen LogP contribution in [0.25, 0.3) is 0 Å². The van der Waals surface area contributed by atoms with E-state index in [1.165, 1.54) is 7.11 Å². The van der Waals surface area contributed by atoms with Crippen molar-refractivity contribution >= 4 is 23.2 Å². The Morgan fingerprint density at radius 1 is 1.48 bits per heavy atom. The molecule has 0 bridgehead atoms. The number of amides is 2. The lowest BCUT2D eigenvalue weighted by Gasteiger charge is -2.19. The third-order valence-electron chi connectivity index (χ3n) is 4.18. The minimum atomic E-state index is -0.779. The van der Waals surface area contributed by atoms with Crippen LogP contribution in [0.5, 0.6) is 5.75 Å². The van der Waals surface area contributed by atoms with Gasteiger partial charge in [0.05, 0.1) is 12.8 Å². The molecule has 1 aliphatic heterocycles. The number of nitrogens with zero attached hydrogens (tertiary/aromatic N) is 2. The second kappa shape index (κ2) is 5.86. The van der Waals surface area contributed by atoms with Crippen LogP contribution in [-0.2, 0) is 9.59 Å². The van der Waals surface area contributed by atoms with Gasteiger partial charge in [-0.25, -0.2) is 0 Å². The molecule has 1 heterocycles. The lowest BCUT2D eigenvalue weighted by molar-refractivity contribution is -0.497.